The first-order valence-electron chi connectivity index (χ1n) is 9.85. The molecule has 3 saturated heterocycles. The van der Waals surface area contributed by atoms with Crippen molar-refractivity contribution in [1.29, 1.82) is 0 Å². The molecule has 0 saturated carbocycles. The molecule has 1 aromatic rings. The van der Waals surface area contributed by atoms with Gasteiger partial charge in [0.15, 0.2) is 0 Å². The summed E-state index contributed by atoms with van der Waals surface area (Å²) in [6, 6.07) is 8.30. The molecule has 1 amide bonds. The Morgan fingerprint density at radius 1 is 1.27 bits per heavy atom. The predicted octanol–water partition coefficient (Wildman–Crippen LogP) is 2.61. The molecule has 6 nitrogen and oxygen atoms in total. The highest BCUT2D eigenvalue weighted by Crippen LogP contribution is 2.42. The number of nitrogens with two attached hydrogens (primary N) is 1. The van der Waals surface area contributed by atoms with E-state index in [0.29, 0.717) is 12.5 Å². The van der Waals surface area contributed by atoms with Gasteiger partial charge in [0.1, 0.15) is 0 Å². The molecule has 0 radical (unpaired) electrons. The number of likely N-dealkylation sites (tertiary alicyclic amines) is 1. The normalized spacial score (nSPS) is 29.6. The topological polar surface area (TPSA) is 81.8 Å². The van der Waals surface area contributed by atoms with Crippen LogP contribution < -0.4 is 16.0 Å². The van der Waals surface area contributed by atoms with Crippen LogP contribution in [0.3, 0.4) is 0 Å². The van der Waals surface area contributed by atoms with Crippen LogP contribution in [0.5, 0.6) is 0 Å². The molecule has 2 atom stereocenters. The van der Waals surface area contributed by atoms with Gasteiger partial charge in [0.05, 0.1) is 0 Å². The molecule has 6 heteroatoms. The van der Waals surface area contributed by atoms with Gasteiger partial charge in [-0.3, -0.25) is 0 Å². The summed E-state index contributed by atoms with van der Waals surface area (Å²) in [4.78, 5) is 15.9. The molecule has 3 fully saturated rings. The van der Waals surface area contributed by atoms with Crippen molar-refractivity contribution in [1.82, 2.24) is 10.2 Å². The Morgan fingerprint density at radius 2 is 2.00 bits per heavy atom. The predicted molar refractivity (Wildman–Crippen MR) is 103 cm³/mol. The second-order valence-corrected chi connectivity index (χ2v) is 8.45. The summed E-state index contributed by atoms with van der Waals surface area (Å²) in [5.41, 5.74) is 8.01. The molecular weight excluding hydrogens is 328 g/mol. The van der Waals surface area contributed by atoms with Crippen LogP contribution in [-0.2, 0) is 0 Å². The summed E-state index contributed by atoms with van der Waals surface area (Å²) in [5, 5.41) is 13.1. The summed E-state index contributed by atoms with van der Waals surface area (Å²) in [5.74, 6) is 0.622. The lowest BCUT2D eigenvalue weighted by atomic mass is 9.82. The SMILES string of the molecule is Nc1ccc(N2CCC(CC3CC4(CCNC4)CN3C(=O)O)CC2)cc1. The number of hydrogen-bond donors (Lipinski definition) is 3. The first-order chi connectivity index (χ1) is 12.5. The molecule has 3 aliphatic rings. The van der Waals surface area contributed by atoms with Gasteiger partial charge in [-0.05, 0) is 68.8 Å². The lowest BCUT2D eigenvalue weighted by Crippen LogP contribution is -2.39. The number of piperidine rings is 1. The van der Waals surface area contributed by atoms with E-state index in [4.69, 9.17) is 5.73 Å². The average molecular weight is 358 g/mol. The number of anilines is 2. The van der Waals surface area contributed by atoms with Crippen LogP contribution in [0.15, 0.2) is 24.3 Å². The van der Waals surface area contributed by atoms with Gasteiger partial charge >= 0.3 is 6.09 Å². The first kappa shape index (κ1) is 17.5. The summed E-state index contributed by atoms with van der Waals surface area (Å²) in [6.07, 6.45) is 4.70. The van der Waals surface area contributed by atoms with Crippen molar-refractivity contribution < 1.29 is 9.90 Å². The van der Waals surface area contributed by atoms with Crippen LogP contribution in [0.25, 0.3) is 0 Å². The number of carbonyl (C=O) groups is 1. The standard InChI is InChI=1S/C20H30N4O2/c21-16-1-3-17(4-2-16)23-9-5-15(6-10-23)11-18-12-20(7-8-22-13-20)14-24(18)19(25)26/h1-4,15,18,22H,5-14,21H2,(H,25,26). The zero-order chi connectivity index (χ0) is 18.1. The third-order valence-corrected chi connectivity index (χ3v) is 6.67. The smallest absolute Gasteiger partial charge is 0.407 e. The van der Waals surface area contributed by atoms with Crippen LogP contribution in [-0.4, -0.2) is 54.9 Å². The number of amides is 1. The van der Waals surface area contributed by atoms with Crippen molar-refractivity contribution in [2.24, 2.45) is 11.3 Å². The fraction of sp³-hybridized carbons (Fsp3) is 0.650. The van der Waals surface area contributed by atoms with Crippen molar-refractivity contribution >= 4 is 17.5 Å². The fourth-order valence-electron chi connectivity index (χ4n) is 5.20. The van der Waals surface area contributed by atoms with E-state index in [2.05, 4.69) is 22.3 Å². The third kappa shape index (κ3) is 3.47. The summed E-state index contributed by atoms with van der Waals surface area (Å²) < 4.78 is 0. The number of rotatable bonds is 3. The number of benzene rings is 1. The molecule has 1 aromatic carbocycles. The molecule has 4 N–H and O–H groups in total. The molecular formula is C20H30N4O2. The highest BCUT2D eigenvalue weighted by atomic mass is 16.4. The minimum absolute atomic E-state index is 0.188. The van der Waals surface area contributed by atoms with E-state index in [-0.39, 0.29) is 11.5 Å². The van der Waals surface area contributed by atoms with E-state index in [9.17, 15) is 9.90 Å². The number of hydrogen-bond acceptors (Lipinski definition) is 4. The van der Waals surface area contributed by atoms with Crippen LogP contribution in [0.1, 0.15) is 32.1 Å². The van der Waals surface area contributed by atoms with Crippen molar-refractivity contribution in [2.75, 3.05) is 43.4 Å². The van der Waals surface area contributed by atoms with E-state index in [0.717, 1.165) is 64.0 Å². The van der Waals surface area contributed by atoms with Crippen LogP contribution in [0.2, 0.25) is 0 Å². The number of nitrogens with one attached hydrogen (secondary N) is 1. The molecule has 1 spiro atoms. The molecule has 2 unspecified atom stereocenters. The van der Waals surface area contributed by atoms with Crippen LogP contribution >= 0.6 is 0 Å². The van der Waals surface area contributed by atoms with Crippen molar-refractivity contribution in [3.63, 3.8) is 0 Å². The Bertz CT molecular complexity index is 634. The maximum atomic E-state index is 11.7. The van der Waals surface area contributed by atoms with Gasteiger partial charge in [0.2, 0.25) is 0 Å². The Hall–Kier alpha value is -1.95. The summed E-state index contributed by atoms with van der Waals surface area (Å²) in [7, 11) is 0. The van der Waals surface area contributed by atoms with E-state index < -0.39 is 6.09 Å². The van der Waals surface area contributed by atoms with Crippen LogP contribution in [0.4, 0.5) is 16.2 Å². The van der Waals surface area contributed by atoms with Gasteiger partial charge in [-0.2, -0.15) is 0 Å². The van der Waals surface area contributed by atoms with Gasteiger partial charge in [0, 0.05) is 49.0 Å². The minimum atomic E-state index is -0.738. The van der Waals surface area contributed by atoms with Crippen LogP contribution in [0, 0.1) is 11.3 Å². The molecule has 0 bridgehead atoms. The maximum absolute atomic E-state index is 11.7. The second-order valence-electron chi connectivity index (χ2n) is 8.45. The largest absolute Gasteiger partial charge is 0.465 e. The number of nitrogens with zero attached hydrogens (tertiary/aromatic N) is 2. The fourth-order valence-corrected chi connectivity index (χ4v) is 5.20. The highest BCUT2D eigenvalue weighted by Gasteiger charge is 2.47. The van der Waals surface area contributed by atoms with Crippen molar-refractivity contribution in [3.8, 4) is 0 Å². The third-order valence-electron chi connectivity index (χ3n) is 6.67. The Morgan fingerprint density at radius 3 is 2.62 bits per heavy atom. The van der Waals surface area contributed by atoms with Gasteiger partial charge in [-0.15, -0.1) is 0 Å². The van der Waals surface area contributed by atoms with E-state index in [1.165, 1.54) is 5.69 Å². The highest BCUT2D eigenvalue weighted by molar-refractivity contribution is 5.66. The van der Waals surface area contributed by atoms with Gasteiger partial charge in [-0.1, -0.05) is 0 Å². The lowest BCUT2D eigenvalue weighted by molar-refractivity contribution is 0.129. The molecule has 3 aliphatic heterocycles. The summed E-state index contributed by atoms with van der Waals surface area (Å²) >= 11 is 0. The maximum Gasteiger partial charge on any atom is 0.407 e. The molecule has 4 rings (SSSR count). The minimum Gasteiger partial charge on any atom is -0.465 e. The average Bonchev–Trinajstić information content (AvgIpc) is 3.24. The molecule has 26 heavy (non-hydrogen) atoms. The van der Waals surface area contributed by atoms with E-state index in [1.807, 2.05) is 12.1 Å². The van der Waals surface area contributed by atoms with Crippen molar-refractivity contribution in [2.45, 2.75) is 38.1 Å². The zero-order valence-electron chi connectivity index (χ0n) is 15.4. The molecule has 142 valence electrons. The van der Waals surface area contributed by atoms with E-state index in [1.54, 1.807) is 4.90 Å². The molecule has 3 heterocycles. The lowest BCUT2D eigenvalue weighted by Gasteiger charge is -2.35. The Labute approximate surface area is 155 Å². The monoisotopic (exact) mass is 358 g/mol. The van der Waals surface area contributed by atoms with Gasteiger partial charge in [0.25, 0.3) is 0 Å². The Kier molecular flexibility index (Phi) is 4.69. The molecule has 0 aliphatic carbocycles. The number of carboxylic acid groups (broad SMARTS) is 1. The van der Waals surface area contributed by atoms with E-state index >= 15 is 0 Å². The Balaban J connectivity index is 1.34. The summed E-state index contributed by atoms with van der Waals surface area (Å²) in [6.45, 7) is 4.80. The molecule has 0 aromatic heterocycles. The first-order valence-corrected chi connectivity index (χ1v) is 9.85. The zero-order valence-corrected chi connectivity index (χ0v) is 15.4. The van der Waals surface area contributed by atoms with Gasteiger partial charge < -0.3 is 26.0 Å². The second kappa shape index (κ2) is 6.99. The number of nitrogen functional groups attached to an aromatic ring is 1. The quantitative estimate of drug-likeness (QED) is 0.724. The van der Waals surface area contributed by atoms with Gasteiger partial charge in [-0.25, -0.2) is 4.79 Å². The van der Waals surface area contributed by atoms with Crippen molar-refractivity contribution in [3.05, 3.63) is 24.3 Å².